The van der Waals surface area contributed by atoms with Crippen LogP contribution in [-0.4, -0.2) is 18.1 Å². The first-order valence-electron chi connectivity index (χ1n) is 10.5. The van der Waals surface area contributed by atoms with E-state index < -0.39 is 22.7 Å². The topological polar surface area (TPSA) is 78.2 Å². The number of hydrogen-bond donors (Lipinski definition) is 0. The molecule has 0 radical (unpaired) electrons. The lowest BCUT2D eigenvalue weighted by Crippen LogP contribution is -2.61. The highest BCUT2D eigenvalue weighted by Crippen LogP contribution is 2.66. The van der Waals surface area contributed by atoms with E-state index in [-0.39, 0.29) is 11.8 Å². The van der Waals surface area contributed by atoms with Gasteiger partial charge in [-0.2, -0.15) is 5.26 Å². The highest BCUT2D eigenvalue weighted by Gasteiger charge is 2.72. The van der Waals surface area contributed by atoms with Gasteiger partial charge in [-0.25, -0.2) is 4.90 Å². The molecule has 1 heterocycles. The van der Waals surface area contributed by atoms with Crippen LogP contribution in [0, 0.1) is 23.2 Å². The molecule has 2 atom stereocenters. The molecule has 3 aromatic rings. The minimum atomic E-state index is -1.22. The van der Waals surface area contributed by atoms with Crippen molar-refractivity contribution in [3.63, 3.8) is 0 Å². The lowest BCUT2D eigenvalue weighted by molar-refractivity contribution is -0.129. The summed E-state index contributed by atoms with van der Waals surface area (Å²) in [6, 6.07) is 23.8. The quantitative estimate of drug-likeness (QED) is 0.472. The smallest absolute Gasteiger partial charge is 0.239 e. The zero-order valence-corrected chi connectivity index (χ0v) is 17.3. The molecule has 3 aromatic carbocycles. The Kier molecular flexibility index (Phi) is 3.52. The van der Waals surface area contributed by atoms with Crippen molar-refractivity contribution in [2.75, 3.05) is 4.90 Å². The average Bonchev–Trinajstić information content (AvgIpc) is 3.12. The second-order valence-electron chi connectivity index (χ2n) is 8.91. The summed E-state index contributed by atoms with van der Waals surface area (Å²) in [7, 11) is 0. The van der Waals surface area contributed by atoms with Crippen LogP contribution in [0.15, 0.2) is 72.8 Å². The molecule has 5 heteroatoms. The monoisotopic (exact) mass is 418 g/mol. The standard InChI is InChI=1S/C27H18N2O3/c1-26-18-6-2-4-8-20(18)27(15-30,21-9-5-3-7-19(21)26)23-22(26)24(31)29(25(23)32)17-12-10-16(14-28)11-13-17/h2-13,15,22-23H,1H3/t22-,23+,26?,27?/m0/s1. The van der Waals surface area contributed by atoms with E-state index in [1.54, 1.807) is 24.3 Å². The maximum atomic E-state index is 13.9. The first kappa shape index (κ1) is 18.7. The van der Waals surface area contributed by atoms with Crippen molar-refractivity contribution < 1.29 is 14.4 Å². The fourth-order valence-electron chi connectivity index (χ4n) is 6.40. The number of hydrogen-bond acceptors (Lipinski definition) is 4. The number of carbonyl (C=O) groups is 3. The highest BCUT2D eigenvalue weighted by atomic mass is 16.2. The number of anilines is 1. The number of benzene rings is 3. The fourth-order valence-corrected chi connectivity index (χ4v) is 6.40. The normalized spacial score (nSPS) is 29.2. The molecule has 7 rings (SSSR count). The van der Waals surface area contributed by atoms with Gasteiger partial charge in [0.1, 0.15) is 6.29 Å². The zero-order valence-electron chi connectivity index (χ0n) is 17.3. The Morgan fingerprint density at radius 3 is 1.81 bits per heavy atom. The van der Waals surface area contributed by atoms with Gasteiger partial charge in [-0.05, 0) is 46.5 Å². The van der Waals surface area contributed by atoms with E-state index in [2.05, 4.69) is 6.07 Å². The number of nitrogens with zero attached hydrogens (tertiary/aromatic N) is 2. The van der Waals surface area contributed by atoms with Crippen LogP contribution in [0.3, 0.4) is 0 Å². The van der Waals surface area contributed by atoms with Gasteiger partial charge in [0.05, 0.1) is 34.6 Å². The van der Waals surface area contributed by atoms with Gasteiger partial charge in [-0.3, -0.25) is 9.59 Å². The van der Waals surface area contributed by atoms with E-state index in [1.165, 1.54) is 4.90 Å². The summed E-state index contributed by atoms with van der Waals surface area (Å²) in [6.07, 6.45) is 0.870. The molecule has 32 heavy (non-hydrogen) atoms. The van der Waals surface area contributed by atoms with E-state index in [0.717, 1.165) is 28.5 Å². The summed E-state index contributed by atoms with van der Waals surface area (Å²) in [5.74, 6) is -2.19. The lowest BCUT2D eigenvalue weighted by atomic mass is 9.42. The molecular formula is C27H18N2O3. The molecule has 1 fully saturated rings. The Morgan fingerprint density at radius 2 is 1.31 bits per heavy atom. The number of aldehydes is 1. The second kappa shape index (κ2) is 6.02. The second-order valence-corrected chi connectivity index (χ2v) is 8.91. The first-order chi connectivity index (χ1) is 15.5. The molecule has 1 aliphatic heterocycles. The summed E-state index contributed by atoms with van der Waals surface area (Å²) in [4.78, 5) is 42.0. The number of nitriles is 1. The van der Waals surface area contributed by atoms with Crippen LogP contribution >= 0.6 is 0 Å². The summed E-state index contributed by atoms with van der Waals surface area (Å²) >= 11 is 0. The molecule has 0 saturated carbocycles. The van der Waals surface area contributed by atoms with Crippen molar-refractivity contribution in [2.24, 2.45) is 11.8 Å². The average molecular weight is 418 g/mol. The van der Waals surface area contributed by atoms with E-state index in [9.17, 15) is 14.4 Å². The van der Waals surface area contributed by atoms with Gasteiger partial charge in [0.2, 0.25) is 11.8 Å². The Hall–Kier alpha value is -4.04. The largest absolute Gasteiger partial charge is 0.302 e. The van der Waals surface area contributed by atoms with Crippen LogP contribution in [0.25, 0.3) is 0 Å². The van der Waals surface area contributed by atoms with Crippen molar-refractivity contribution >= 4 is 23.8 Å². The van der Waals surface area contributed by atoms with Crippen LogP contribution in [0.2, 0.25) is 0 Å². The van der Waals surface area contributed by atoms with Gasteiger partial charge in [-0.15, -0.1) is 0 Å². The first-order valence-corrected chi connectivity index (χ1v) is 10.5. The third-order valence-electron chi connectivity index (χ3n) is 7.72. The molecule has 0 unspecified atom stereocenters. The molecule has 154 valence electrons. The van der Waals surface area contributed by atoms with Gasteiger partial charge in [0, 0.05) is 5.41 Å². The van der Waals surface area contributed by atoms with E-state index in [1.807, 2.05) is 55.5 Å². The molecule has 3 aliphatic carbocycles. The van der Waals surface area contributed by atoms with Gasteiger partial charge in [0.15, 0.2) is 0 Å². The van der Waals surface area contributed by atoms with E-state index in [0.29, 0.717) is 11.3 Å². The van der Waals surface area contributed by atoms with Crippen molar-refractivity contribution in [3.05, 3.63) is 101 Å². The molecule has 2 amide bonds. The maximum Gasteiger partial charge on any atom is 0.239 e. The van der Waals surface area contributed by atoms with Crippen LogP contribution < -0.4 is 4.90 Å². The Morgan fingerprint density at radius 1 is 0.812 bits per heavy atom. The van der Waals surface area contributed by atoms with Crippen molar-refractivity contribution in [1.29, 1.82) is 5.26 Å². The molecule has 5 nitrogen and oxygen atoms in total. The van der Waals surface area contributed by atoms with Gasteiger partial charge in [0.25, 0.3) is 0 Å². The summed E-state index contributed by atoms with van der Waals surface area (Å²) in [5, 5.41) is 9.11. The minimum absolute atomic E-state index is 0.303. The van der Waals surface area contributed by atoms with Crippen molar-refractivity contribution in [3.8, 4) is 6.07 Å². The zero-order chi connectivity index (χ0) is 22.3. The molecule has 0 aromatic heterocycles. The minimum Gasteiger partial charge on any atom is -0.302 e. The summed E-state index contributed by atoms with van der Waals surface area (Å²) in [6.45, 7) is 2.02. The Bertz CT molecular complexity index is 1340. The van der Waals surface area contributed by atoms with E-state index >= 15 is 0 Å². The summed E-state index contributed by atoms with van der Waals surface area (Å²) in [5.41, 5.74) is 2.37. The molecule has 4 aliphatic rings. The maximum absolute atomic E-state index is 13.9. The Balaban J connectivity index is 1.66. The molecule has 0 spiro atoms. The van der Waals surface area contributed by atoms with Crippen LogP contribution in [0.1, 0.15) is 34.7 Å². The van der Waals surface area contributed by atoms with Crippen LogP contribution in [0.5, 0.6) is 0 Å². The van der Waals surface area contributed by atoms with E-state index in [4.69, 9.17) is 5.26 Å². The predicted octanol–water partition coefficient (Wildman–Crippen LogP) is 3.48. The third kappa shape index (κ3) is 1.87. The SMILES string of the molecule is CC12c3ccccc3C(C=O)(c3ccccc31)[C@H]1C(=O)N(c3ccc(C#N)cc3)C(=O)[C@H]12. The Labute approximate surface area is 184 Å². The summed E-state index contributed by atoms with van der Waals surface area (Å²) < 4.78 is 0. The number of rotatable bonds is 2. The highest BCUT2D eigenvalue weighted by molar-refractivity contribution is 6.25. The van der Waals surface area contributed by atoms with Gasteiger partial charge < -0.3 is 4.79 Å². The number of carbonyl (C=O) groups excluding carboxylic acids is 3. The third-order valence-corrected chi connectivity index (χ3v) is 7.72. The number of imide groups is 1. The fraction of sp³-hybridized carbons (Fsp3) is 0.185. The van der Waals surface area contributed by atoms with Crippen LogP contribution in [-0.2, 0) is 25.2 Å². The van der Waals surface area contributed by atoms with Gasteiger partial charge >= 0.3 is 0 Å². The molecule has 2 bridgehead atoms. The van der Waals surface area contributed by atoms with Crippen LogP contribution in [0.4, 0.5) is 5.69 Å². The van der Waals surface area contributed by atoms with Gasteiger partial charge in [-0.1, -0.05) is 55.5 Å². The van der Waals surface area contributed by atoms with Crippen molar-refractivity contribution in [1.82, 2.24) is 0 Å². The predicted molar refractivity (Wildman–Crippen MR) is 117 cm³/mol. The lowest BCUT2D eigenvalue weighted by Gasteiger charge is -2.56. The van der Waals surface area contributed by atoms with Crippen molar-refractivity contribution in [2.45, 2.75) is 17.8 Å². The molecule has 0 N–H and O–H groups in total. The number of amides is 2. The molecule has 1 saturated heterocycles. The molecular weight excluding hydrogens is 400 g/mol.